The van der Waals surface area contributed by atoms with Gasteiger partial charge in [-0.05, 0) is 56.3 Å². The Morgan fingerprint density at radius 2 is 1.93 bits per heavy atom. The second-order valence-corrected chi connectivity index (χ2v) is 5.83. The molecule has 0 aromatic carbocycles. The minimum Gasteiger partial charge on any atom is -0.354 e. The van der Waals surface area contributed by atoms with Crippen LogP contribution in [0.3, 0.4) is 0 Å². The number of carbonyl (C=O) groups excluding carboxylic acids is 1. The highest BCUT2D eigenvalue weighted by molar-refractivity contribution is 5.87. The van der Waals surface area contributed by atoms with Gasteiger partial charge in [-0.1, -0.05) is 0 Å². The van der Waals surface area contributed by atoms with Crippen molar-refractivity contribution in [1.82, 2.24) is 5.32 Å². The van der Waals surface area contributed by atoms with Gasteiger partial charge in [0.1, 0.15) is 0 Å². The molecule has 0 unspecified atom stereocenters. The molecule has 3 nitrogen and oxygen atoms in total. The standard InChI is InChI=1S/C12H20N2O/c13-12(4-1-5-12)10(15)14-8-11(6-7-11)9-2-3-9/h9H,1-8,13H2,(H,14,15). The van der Waals surface area contributed by atoms with Gasteiger partial charge in [-0.3, -0.25) is 4.79 Å². The van der Waals surface area contributed by atoms with Crippen LogP contribution in [0.4, 0.5) is 0 Å². The summed E-state index contributed by atoms with van der Waals surface area (Å²) in [6.07, 6.45) is 8.24. The molecule has 3 rings (SSSR count). The average molecular weight is 208 g/mol. The summed E-state index contributed by atoms with van der Waals surface area (Å²) < 4.78 is 0. The monoisotopic (exact) mass is 208 g/mol. The van der Waals surface area contributed by atoms with Crippen molar-refractivity contribution in [1.29, 1.82) is 0 Å². The van der Waals surface area contributed by atoms with Crippen LogP contribution >= 0.6 is 0 Å². The largest absolute Gasteiger partial charge is 0.354 e. The number of carbonyl (C=O) groups is 1. The molecule has 3 saturated carbocycles. The number of nitrogens with one attached hydrogen (secondary N) is 1. The molecule has 15 heavy (non-hydrogen) atoms. The predicted octanol–water partition coefficient (Wildman–Crippen LogP) is 1.17. The van der Waals surface area contributed by atoms with Crippen LogP contribution in [0.2, 0.25) is 0 Å². The Kier molecular flexibility index (Phi) is 1.91. The maximum absolute atomic E-state index is 11.8. The van der Waals surface area contributed by atoms with Crippen LogP contribution in [0.1, 0.15) is 44.9 Å². The first-order valence-electron chi connectivity index (χ1n) is 6.22. The van der Waals surface area contributed by atoms with Crippen molar-refractivity contribution in [3.8, 4) is 0 Å². The average Bonchev–Trinajstić information content (AvgIpc) is 3.00. The van der Waals surface area contributed by atoms with Gasteiger partial charge in [0.2, 0.25) is 5.91 Å². The molecule has 0 aromatic heterocycles. The zero-order chi connectivity index (χ0) is 10.5. The van der Waals surface area contributed by atoms with Gasteiger partial charge in [-0.15, -0.1) is 0 Å². The van der Waals surface area contributed by atoms with Crippen molar-refractivity contribution >= 4 is 5.91 Å². The number of amides is 1. The number of hydrogen-bond acceptors (Lipinski definition) is 2. The van der Waals surface area contributed by atoms with E-state index in [-0.39, 0.29) is 5.91 Å². The Labute approximate surface area is 90.8 Å². The fourth-order valence-corrected chi connectivity index (χ4v) is 2.80. The third kappa shape index (κ3) is 1.57. The van der Waals surface area contributed by atoms with Crippen molar-refractivity contribution < 1.29 is 4.79 Å². The summed E-state index contributed by atoms with van der Waals surface area (Å²) in [5, 5.41) is 3.09. The Balaban J connectivity index is 1.51. The summed E-state index contributed by atoms with van der Waals surface area (Å²) in [6, 6.07) is 0. The molecule has 0 spiro atoms. The van der Waals surface area contributed by atoms with E-state index in [2.05, 4.69) is 5.32 Å². The minimum absolute atomic E-state index is 0.0978. The first-order chi connectivity index (χ1) is 7.15. The Morgan fingerprint density at radius 3 is 2.33 bits per heavy atom. The van der Waals surface area contributed by atoms with E-state index in [9.17, 15) is 4.79 Å². The molecule has 3 heteroatoms. The first kappa shape index (κ1) is 9.64. The van der Waals surface area contributed by atoms with Crippen molar-refractivity contribution in [2.24, 2.45) is 17.1 Å². The third-order valence-electron chi connectivity index (χ3n) is 4.63. The molecule has 0 aromatic rings. The molecule has 84 valence electrons. The Bertz CT molecular complexity index is 288. The van der Waals surface area contributed by atoms with Crippen LogP contribution in [-0.2, 0) is 4.79 Å². The summed E-state index contributed by atoms with van der Waals surface area (Å²) in [5.74, 6) is 1.01. The van der Waals surface area contributed by atoms with Crippen LogP contribution in [0.5, 0.6) is 0 Å². The molecule has 0 aliphatic heterocycles. The fourth-order valence-electron chi connectivity index (χ4n) is 2.80. The summed E-state index contributed by atoms with van der Waals surface area (Å²) in [5.41, 5.74) is 5.96. The smallest absolute Gasteiger partial charge is 0.240 e. The highest BCUT2D eigenvalue weighted by Crippen LogP contribution is 2.60. The Morgan fingerprint density at radius 1 is 1.27 bits per heavy atom. The molecule has 1 amide bonds. The zero-order valence-electron chi connectivity index (χ0n) is 9.22. The highest BCUT2D eigenvalue weighted by atomic mass is 16.2. The molecule has 0 bridgehead atoms. The van der Waals surface area contributed by atoms with E-state index < -0.39 is 5.54 Å². The van der Waals surface area contributed by atoms with Crippen LogP contribution in [-0.4, -0.2) is 18.0 Å². The van der Waals surface area contributed by atoms with Gasteiger partial charge in [-0.25, -0.2) is 0 Å². The van der Waals surface area contributed by atoms with E-state index in [1.54, 1.807) is 0 Å². The van der Waals surface area contributed by atoms with Crippen LogP contribution in [0.25, 0.3) is 0 Å². The molecule has 3 N–H and O–H groups in total. The van der Waals surface area contributed by atoms with Gasteiger partial charge < -0.3 is 11.1 Å². The van der Waals surface area contributed by atoms with Gasteiger partial charge in [0.05, 0.1) is 5.54 Å². The van der Waals surface area contributed by atoms with E-state index in [4.69, 9.17) is 5.73 Å². The maximum Gasteiger partial charge on any atom is 0.240 e. The normalized spacial score (nSPS) is 30.5. The zero-order valence-corrected chi connectivity index (χ0v) is 9.22. The van der Waals surface area contributed by atoms with Gasteiger partial charge in [0.25, 0.3) is 0 Å². The van der Waals surface area contributed by atoms with Gasteiger partial charge in [0.15, 0.2) is 0 Å². The summed E-state index contributed by atoms with van der Waals surface area (Å²) >= 11 is 0. The van der Waals surface area contributed by atoms with Crippen molar-refractivity contribution in [3.63, 3.8) is 0 Å². The number of nitrogens with two attached hydrogens (primary N) is 1. The second-order valence-electron chi connectivity index (χ2n) is 5.83. The summed E-state index contributed by atoms with van der Waals surface area (Å²) in [7, 11) is 0. The van der Waals surface area contributed by atoms with E-state index in [1.165, 1.54) is 25.7 Å². The Hall–Kier alpha value is -0.570. The van der Waals surface area contributed by atoms with E-state index in [0.29, 0.717) is 5.41 Å². The fraction of sp³-hybridized carbons (Fsp3) is 0.917. The lowest BCUT2D eigenvalue weighted by molar-refractivity contribution is -0.129. The van der Waals surface area contributed by atoms with Crippen molar-refractivity contribution in [3.05, 3.63) is 0 Å². The number of hydrogen-bond donors (Lipinski definition) is 2. The van der Waals surface area contributed by atoms with Crippen LogP contribution in [0.15, 0.2) is 0 Å². The lowest BCUT2D eigenvalue weighted by atomic mass is 9.77. The molecule has 0 radical (unpaired) electrons. The maximum atomic E-state index is 11.8. The van der Waals surface area contributed by atoms with Gasteiger partial charge in [0, 0.05) is 6.54 Å². The SMILES string of the molecule is NC1(C(=O)NCC2(C3CC3)CC2)CCC1. The number of rotatable bonds is 4. The minimum atomic E-state index is -0.514. The molecule has 0 saturated heterocycles. The van der Waals surface area contributed by atoms with Crippen molar-refractivity contribution in [2.45, 2.75) is 50.5 Å². The predicted molar refractivity (Wildman–Crippen MR) is 58.2 cm³/mol. The van der Waals surface area contributed by atoms with Gasteiger partial charge in [-0.2, -0.15) is 0 Å². The van der Waals surface area contributed by atoms with Crippen LogP contribution in [0, 0.1) is 11.3 Å². The molecule has 0 heterocycles. The highest BCUT2D eigenvalue weighted by Gasteiger charge is 2.54. The van der Waals surface area contributed by atoms with E-state index in [0.717, 1.165) is 31.7 Å². The quantitative estimate of drug-likeness (QED) is 0.728. The topological polar surface area (TPSA) is 55.1 Å². The molecular formula is C12H20N2O. The lowest BCUT2D eigenvalue weighted by Crippen LogP contribution is -2.59. The summed E-state index contributed by atoms with van der Waals surface area (Å²) in [4.78, 5) is 11.8. The van der Waals surface area contributed by atoms with E-state index in [1.807, 2.05) is 0 Å². The molecular weight excluding hydrogens is 188 g/mol. The molecule has 3 aliphatic rings. The van der Waals surface area contributed by atoms with E-state index >= 15 is 0 Å². The van der Waals surface area contributed by atoms with Crippen molar-refractivity contribution in [2.75, 3.05) is 6.54 Å². The summed E-state index contributed by atoms with van der Waals surface area (Å²) in [6.45, 7) is 0.884. The molecule has 3 aliphatic carbocycles. The molecule has 0 atom stereocenters. The second kappa shape index (κ2) is 2.97. The van der Waals surface area contributed by atoms with Crippen LogP contribution < -0.4 is 11.1 Å². The first-order valence-corrected chi connectivity index (χ1v) is 6.22. The third-order valence-corrected chi connectivity index (χ3v) is 4.63. The lowest BCUT2D eigenvalue weighted by Gasteiger charge is -2.36. The van der Waals surface area contributed by atoms with Gasteiger partial charge >= 0.3 is 0 Å². The molecule has 3 fully saturated rings.